The van der Waals surface area contributed by atoms with Gasteiger partial charge in [-0.25, -0.2) is 8.63 Å². The molecule has 0 saturated carbocycles. The van der Waals surface area contributed by atoms with Crippen LogP contribution in [0.2, 0.25) is 0 Å². The first-order valence-electron chi connectivity index (χ1n) is 8.73. The minimum absolute atomic E-state index is 0.0506. The van der Waals surface area contributed by atoms with E-state index in [9.17, 15) is 13.4 Å². The van der Waals surface area contributed by atoms with E-state index >= 15 is 0 Å². The lowest BCUT2D eigenvalue weighted by Gasteiger charge is -2.26. The largest absolute Gasteiger partial charge is 0.796 e. The molecule has 0 amide bonds. The molecule has 27 heavy (non-hydrogen) atoms. The van der Waals surface area contributed by atoms with Crippen LogP contribution in [-0.2, 0) is 9.45 Å². The van der Waals surface area contributed by atoms with E-state index in [4.69, 9.17) is 4.65 Å². The molecule has 0 fully saturated rings. The minimum Gasteiger partial charge on any atom is -0.505 e. The van der Waals surface area contributed by atoms with Crippen LogP contribution in [0.1, 0.15) is 30.4 Å². The fourth-order valence-corrected chi connectivity index (χ4v) is 3.28. The second-order valence-corrected chi connectivity index (χ2v) is 6.34. The maximum Gasteiger partial charge on any atom is 0.796 e. The van der Waals surface area contributed by atoms with E-state index in [1.54, 1.807) is 6.08 Å². The van der Waals surface area contributed by atoms with Gasteiger partial charge in [0.15, 0.2) is 5.78 Å². The molecule has 0 spiro atoms. The molecule has 2 aromatic carbocycles. The predicted octanol–water partition coefficient (Wildman–Crippen LogP) is 5.60. The number of halogens is 2. The summed E-state index contributed by atoms with van der Waals surface area (Å²) in [7, 11) is -2.99. The van der Waals surface area contributed by atoms with Crippen molar-refractivity contribution in [2.45, 2.75) is 19.3 Å². The summed E-state index contributed by atoms with van der Waals surface area (Å²) in [6, 6.07) is 19.1. The first-order chi connectivity index (χ1) is 13.0. The number of carbonyl (C=O) groups is 1. The molecule has 1 aliphatic rings. The van der Waals surface area contributed by atoms with Crippen LogP contribution in [0.5, 0.6) is 0 Å². The third kappa shape index (κ3) is 4.82. The van der Waals surface area contributed by atoms with Crippen LogP contribution < -0.4 is 0 Å². The summed E-state index contributed by atoms with van der Waals surface area (Å²) in [6.45, 7) is 1.39. The number of rotatable bonds is 6. The summed E-state index contributed by atoms with van der Waals surface area (Å²) < 4.78 is 30.6. The van der Waals surface area contributed by atoms with E-state index in [1.807, 2.05) is 72.8 Å². The van der Waals surface area contributed by atoms with E-state index in [1.165, 1.54) is 6.92 Å². The molecule has 0 aromatic heterocycles. The molecule has 0 N–H and O–H groups in total. The molecule has 1 aliphatic carbocycles. The summed E-state index contributed by atoms with van der Waals surface area (Å²) in [5, 5.41) is 0. The van der Waals surface area contributed by atoms with Crippen molar-refractivity contribution in [3.05, 3.63) is 101 Å². The lowest BCUT2D eigenvalue weighted by atomic mass is 9.79. The first-order valence-corrected chi connectivity index (χ1v) is 8.73. The molecule has 136 valence electrons. The van der Waals surface area contributed by atoms with Crippen molar-refractivity contribution in [1.29, 1.82) is 0 Å². The zero-order chi connectivity index (χ0) is 19.2. The zero-order valence-electron chi connectivity index (χ0n) is 14.9. The van der Waals surface area contributed by atoms with Crippen LogP contribution in [0.4, 0.5) is 8.63 Å². The Morgan fingerprint density at radius 3 is 2.26 bits per heavy atom. The molecule has 2 nitrogen and oxygen atoms in total. The monoisotopic (exact) mass is 364 g/mol. The van der Waals surface area contributed by atoms with Gasteiger partial charge in [0.25, 0.3) is 0 Å². The summed E-state index contributed by atoms with van der Waals surface area (Å²) in [5.74, 6) is -0.634. The van der Waals surface area contributed by atoms with Crippen LogP contribution in [0.25, 0.3) is 6.08 Å². The Labute approximate surface area is 158 Å². The third-order valence-electron chi connectivity index (χ3n) is 4.46. The van der Waals surface area contributed by atoms with Gasteiger partial charge in [0, 0.05) is 11.5 Å². The summed E-state index contributed by atoms with van der Waals surface area (Å²) in [6.07, 6.45) is 5.89. The smallest absolute Gasteiger partial charge is 0.505 e. The lowest BCUT2D eigenvalue weighted by molar-refractivity contribution is -0.114. The molecule has 5 heteroatoms. The second kappa shape index (κ2) is 8.63. The summed E-state index contributed by atoms with van der Waals surface area (Å²) in [5.41, 5.74) is 3.02. The molecule has 2 aromatic rings. The third-order valence-corrected chi connectivity index (χ3v) is 4.46. The number of hydrogen-bond acceptors (Lipinski definition) is 2. The van der Waals surface area contributed by atoms with Crippen molar-refractivity contribution < 1.29 is 18.1 Å². The molecule has 0 bridgehead atoms. The highest BCUT2D eigenvalue weighted by molar-refractivity contribution is 6.35. The number of carbonyl (C=O) groups excluding carboxylic acids is 1. The lowest BCUT2D eigenvalue weighted by Crippen LogP contribution is -2.19. The fraction of sp³-hybridized carbons (Fsp3) is 0.136. The van der Waals surface area contributed by atoms with Crippen molar-refractivity contribution >= 4 is 19.3 Å². The normalized spacial score (nSPS) is 17.0. The van der Waals surface area contributed by atoms with Gasteiger partial charge in [-0.1, -0.05) is 72.8 Å². The average molecular weight is 364 g/mol. The molecule has 0 saturated heterocycles. The van der Waals surface area contributed by atoms with E-state index in [2.05, 4.69) is 0 Å². The Morgan fingerprint density at radius 2 is 1.67 bits per heavy atom. The number of hydrogen-bond donors (Lipinski definition) is 0. The van der Waals surface area contributed by atoms with Gasteiger partial charge in [0.05, 0.1) is 0 Å². The Hall–Kier alpha value is -2.95. The molecule has 3 rings (SSSR count). The molecular weight excluding hydrogens is 345 g/mol. The van der Waals surface area contributed by atoms with Gasteiger partial charge in [-0.15, -0.1) is 0 Å². The molecule has 0 radical (unpaired) electrons. The Bertz CT molecular complexity index is 887. The Kier molecular flexibility index (Phi) is 6.02. The molecule has 1 atom stereocenters. The maximum atomic E-state index is 12.9. The van der Waals surface area contributed by atoms with Crippen molar-refractivity contribution in [2.24, 2.45) is 0 Å². The minimum atomic E-state index is -2.99. The van der Waals surface area contributed by atoms with Gasteiger partial charge in [0.1, 0.15) is 5.76 Å². The highest BCUT2D eigenvalue weighted by Crippen LogP contribution is 2.39. The average Bonchev–Trinajstić information content (AvgIpc) is 2.66. The standard InChI is InChI=1S/C22H19BF2O2/c1-16(26)22-20(19-10-6-3-7-11-19)14-18(15-21(22)27-23(24)25)13-12-17-8-4-2-5-9-17/h2-13,15,20H,14H2,1H3/b13-12-. The van der Waals surface area contributed by atoms with E-state index in [0.717, 1.165) is 16.7 Å². The van der Waals surface area contributed by atoms with Gasteiger partial charge in [0.2, 0.25) is 0 Å². The van der Waals surface area contributed by atoms with E-state index in [0.29, 0.717) is 12.0 Å². The molecular formula is C22H19BF2O2. The molecule has 0 heterocycles. The van der Waals surface area contributed by atoms with Gasteiger partial charge >= 0.3 is 7.47 Å². The van der Waals surface area contributed by atoms with Crippen LogP contribution >= 0.6 is 0 Å². The maximum absolute atomic E-state index is 12.9. The van der Waals surface area contributed by atoms with Gasteiger partial charge in [-0.3, -0.25) is 4.79 Å². The number of benzene rings is 2. The second-order valence-electron chi connectivity index (χ2n) is 6.34. The Morgan fingerprint density at radius 1 is 1.04 bits per heavy atom. The van der Waals surface area contributed by atoms with Crippen LogP contribution in [-0.4, -0.2) is 13.3 Å². The summed E-state index contributed by atoms with van der Waals surface area (Å²) in [4.78, 5) is 12.2. The number of ketones is 1. The van der Waals surface area contributed by atoms with Gasteiger partial charge < -0.3 is 4.65 Å². The highest BCUT2D eigenvalue weighted by Gasteiger charge is 2.31. The molecule has 0 aliphatic heterocycles. The van der Waals surface area contributed by atoms with E-state index in [-0.39, 0.29) is 17.5 Å². The van der Waals surface area contributed by atoms with E-state index < -0.39 is 7.47 Å². The fourth-order valence-electron chi connectivity index (χ4n) is 3.28. The van der Waals surface area contributed by atoms with Crippen LogP contribution in [0, 0.1) is 0 Å². The van der Waals surface area contributed by atoms with Crippen LogP contribution in [0.15, 0.2) is 89.7 Å². The highest BCUT2D eigenvalue weighted by atomic mass is 19.2. The van der Waals surface area contributed by atoms with Crippen molar-refractivity contribution in [3.8, 4) is 0 Å². The van der Waals surface area contributed by atoms with Crippen molar-refractivity contribution in [2.75, 3.05) is 0 Å². The van der Waals surface area contributed by atoms with Gasteiger partial charge in [-0.2, -0.15) is 0 Å². The first kappa shape index (κ1) is 18.8. The summed E-state index contributed by atoms with van der Waals surface area (Å²) >= 11 is 0. The SMILES string of the molecule is CC(=O)C1=C(OB(F)F)C=C(/C=C\c2ccccc2)CC1c1ccccc1. The number of allylic oxidation sites excluding steroid dienone is 4. The topological polar surface area (TPSA) is 26.3 Å². The van der Waals surface area contributed by atoms with Crippen LogP contribution in [0.3, 0.4) is 0 Å². The Balaban J connectivity index is 2.02. The quantitative estimate of drug-likeness (QED) is 0.624. The van der Waals surface area contributed by atoms with Crippen molar-refractivity contribution in [3.63, 3.8) is 0 Å². The van der Waals surface area contributed by atoms with Gasteiger partial charge in [-0.05, 0) is 36.1 Å². The predicted molar refractivity (Wildman–Crippen MR) is 104 cm³/mol. The van der Waals surface area contributed by atoms with Crippen molar-refractivity contribution in [1.82, 2.24) is 0 Å². The molecule has 1 unspecified atom stereocenters. The number of Topliss-reactive ketones (excluding diaryl/α,β-unsaturated/α-hetero) is 1. The zero-order valence-corrected chi connectivity index (χ0v) is 14.9.